The molecule has 5 nitrogen and oxygen atoms in total. The number of alkyl carbamates (subject to hydrolysis) is 1. The van der Waals surface area contributed by atoms with Crippen LogP contribution in [0.15, 0.2) is 30.3 Å². The molecule has 0 spiro atoms. The number of nitrogens with one attached hydrogen (secondary N) is 2. The Hall–Kier alpha value is -2.67. The number of hydrogen-bond acceptors (Lipinski definition) is 3. The first-order valence-electron chi connectivity index (χ1n) is 7.86. The predicted molar refractivity (Wildman–Crippen MR) is 92.4 cm³/mol. The summed E-state index contributed by atoms with van der Waals surface area (Å²) in [5, 5.41) is 4.81. The minimum atomic E-state index is -0.752. The average molecular weight is 381 g/mol. The molecule has 0 bridgehead atoms. The van der Waals surface area contributed by atoms with Crippen molar-refractivity contribution in [3.63, 3.8) is 0 Å². The molecule has 26 heavy (non-hydrogen) atoms. The zero-order valence-electron chi connectivity index (χ0n) is 13.7. The van der Waals surface area contributed by atoms with Crippen molar-refractivity contribution in [3.8, 4) is 0 Å². The van der Waals surface area contributed by atoms with Crippen molar-refractivity contribution in [2.24, 2.45) is 0 Å². The summed E-state index contributed by atoms with van der Waals surface area (Å²) >= 11 is 5.71. The first kappa shape index (κ1) is 18.1. The molecule has 2 N–H and O–H groups in total. The van der Waals surface area contributed by atoms with Gasteiger partial charge in [-0.1, -0.05) is 11.6 Å². The summed E-state index contributed by atoms with van der Waals surface area (Å²) in [6.45, 7) is 0. The van der Waals surface area contributed by atoms with Gasteiger partial charge in [-0.25, -0.2) is 13.6 Å². The van der Waals surface area contributed by atoms with E-state index in [0.717, 1.165) is 12.1 Å². The number of anilines is 1. The molecule has 1 atom stereocenters. The van der Waals surface area contributed by atoms with E-state index in [1.165, 1.54) is 25.2 Å². The minimum absolute atomic E-state index is 0.119. The fourth-order valence-electron chi connectivity index (χ4n) is 2.96. The van der Waals surface area contributed by atoms with Crippen LogP contribution in [0.2, 0.25) is 5.02 Å². The Kier molecular flexibility index (Phi) is 5.08. The lowest BCUT2D eigenvalue weighted by molar-refractivity contribution is 0.0984. The number of rotatable bonds is 3. The zero-order valence-corrected chi connectivity index (χ0v) is 14.5. The Balaban J connectivity index is 1.88. The molecule has 1 aliphatic carbocycles. The summed E-state index contributed by atoms with van der Waals surface area (Å²) in [6.07, 6.45) is -0.648. The number of amides is 2. The maximum absolute atomic E-state index is 14.3. The summed E-state index contributed by atoms with van der Waals surface area (Å²) in [6, 6.07) is 6.34. The zero-order chi connectivity index (χ0) is 18.8. The maximum atomic E-state index is 14.3. The number of ether oxygens (including phenoxy) is 1. The lowest BCUT2D eigenvalue weighted by atomic mass is 10.0. The molecule has 0 saturated carbocycles. The highest BCUT2D eigenvalue weighted by atomic mass is 35.5. The first-order chi connectivity index (χ1) is 12.4. The molecule has 0 aliphatic heterocycles. The third-order valence-corrected chi connectivity index (χ3v) is 4.45. The van der Waals surface area contributed by atoms with Gasteiger partial charge in [-0.05, 0) is 48.7 Å². The second-order valence-corrected chi connectivity index (χ2v) is 6.16. The summed E-state index contributed by atoms with van der Waals surface area (Å²) in [4.78, 5) is 24.0. The third-order valence-electron chi connectivity index (χ3n) is 4.16. The summed E-state index contributed by atoms with van der Waals surface area (Å²) in [7, 11) is 1.41. The van der Waals surface area contributed by atoms with Gasteiger partial charge in [0.05, 0.1) is 5.02 Å². The molecular formula is C18H15ClF2N2O3. The molecule has 3 rings (SSSR count). The molecule has 0 saturated heterocycles. The first-order valence-corrected chi connectivity index (χ1v) is 8.24. The predicted octanol–water partition coefficient (Wildman–Crippen LogP) is 4.21. The largest absolute Gasteiger partial charge is 0.441 e. The molecule has 0 aromatic heterocycles. The molecule has 0 heterocycles. The maximum Gasteiger partial charge on any atom is 0.407 e. The fraction of sp³-hybridized carbons (Fsp3) is 0.222. The monoisotopic (exact) mass is 380 g/mol. The lowest BCUT2D eigenvalue weighted by Crippen LogP contribution is -2.21. The van der Waals surface area contributed by atoms with Crippen molar-refractivity contribution in [3.05, 3.63) is 63.7 Å². The van der Waals surface area contributed by atoms with Crippen LogP contribution < -0.4 is 10.6 Å². The Labute approximate surface area is 153 Å². The van der Waals surface area contributed by atoms with Gasteiger partial charge in [-0.2, -0.15) is 0 Å². The molecule has 136 valence electrons. The summed E-state index contributed by atoms with van der Waals surface area (Å²) in [5.74, 6) is -1.61. The Bertz CT molecular complexity index is 889. The fourth-order valence-corrected chi connectivity index (χ4v) is 3.14. The van der Waals surface area contributed by atoms with Crippen LogP contribution in [0.1, 0.15) is 34.0 Å². The van der Waals surface area contributed by atoms with Gasteiger partial charge in [-0.3, -0.25) is 4.79 Å². The van der Waals surface area contributed by atoms with E-state index in [2.05, 4.69) is 10.6 Å². The molecule has 2 aromatic rings. The van der Waals surface area contributed by atoms with E-state index in [4.69, 9.17) is 16.3 Å². The molecule has 8 heteroatoms. The second-order valence-electron chi connectivity index (χ2n) is 5.75. The van der Waals surface area contributed by atoms with Crippen LogP contribution in [0.5, 0.6) is 0 Å². The van der Waals surface area contributed by atoms with E-state index in [-0.39, 0.29) is 16.1 Å². The van der Waals surface area contributed by atoms with Gasteiger partial charge in [0.2, 0.25) is 0 Å². The molecule has 0 radical (unpaired) electrons. The van der Waals surface area contributed by atoms with Gasteiger partial charge in [0, 0.05) is 23.9 Å². The number of hydrogen-bond donors (Lipinski definition) is 2. The van der Waals surface area contributed by atoms with Crippen LogP contribution in [-0.2, 0) is 11.2 Å². The van der Waals surface area contributed by atoms with Crippen molar-refractivity contribution in [1.82, 2.24) is 5.32 Å². The van der Waals surface area contributed by atoms with Gasteiger partial charge in [0.1, 0.15) is 17.7 Å². The van der Waals surface area contributed by atoms with Crippen molar-refractivity contribution >= 4 is 29.3 Å². The van der Waals surface area contributed by atoms with E-state index >= 15 is 0 Å². The number of halogens is 3. The molecule has 1 aliphatic rings. The van der Waals surface area contributed by atoms with Crippen LogP contribution in [0.3, 0.4) is 0 Å². The van der Waals surface area contributed by atoms with E-state index in [9.17, 15) is 18.4 Å². The van der Waals surface area contributed by atoms with Crippen molar-refractivity contribution in [1.29, 1.82) is 0 Å². The summed E-state index contributed by atoms with van der Waals surface area (Å²) in [5.41, 5.74) is 1.28. The van der Waals surface area contributed by atoms with Crippen LogP contribution >= 0.6 is 11.6 Å². The van der Waals surface area contributed by atoms with Crippen molar-refractivity contribution in [2.75, 3.05) is 12.4 Å². The van der Waals surface area contributed by atoms with E-state index in [1.807, 2.05) is 0 Å². The molecule has 2 amide bonds. The Morgan fingerprint density at radius 1 is 1.19 bits per heavy atom. The van der Waals surface area contributed by atoms with Crippen LogP contribution in [0, 0.1) is 11.6 Å². The Morgan fingerprint density at radius 2 is 1.92 bits per heavy atom. The third kappa shape index (κ3) is 3.48. The number of carbonyl (C=O) groups is 2. The van der Waals surface area contributed by atoms with E-state index < -0.39 is 29.7 Å². The van der Waals surface area contributed by atoms with E-state index in [1.54, 1.807) is 0 Å². The highest BCUT2D eigenvalue weighted by Gasteiger charge is 2.32. The number of carbonyl (C=O) groups excluding carboxylic acids is 2. The van der Waals surface area contributed by atoms with Crippen molar-refractivity contribution < 1.29 is 23.1 Å². The Morgan fingerprint density at radius 3 is 2.62 bits per heavy atom. The molecule has 0 fully saturated rings. The molecule has 2 aromatic carbocycles. The van der Waals surface area contributed by atoms with Gasteiger partial charge in [-0.15, -0.1) is 0 Å². The smallest absolute Gasteiger partial charge is 0.407 e. The number of fused-ring (bicyclic) bond motifs is 1. The van der Waals surface area contributed by atoms with Crippen LogP contribution in [0.25, 0.3) is 0 Å². The van der Waals surface area contributed by atoms with Crippen molar-refractivity contribution in [2.45, 2.75) is 18.9 Å². The standard InChI is InChI=1S/C18H15ClF2N2O3/c1-22-18(25)26-15-7-4-10-11(3-6-14(21)16(10)15)17(24)23-9-2-5-13(20)12(19)8-9/h2-3,5-6,8,15H,4,7H2,1H3,(H,22,25)(H,23,24). The van der Waals surface area contributed by atoms with E-state index in [0.29, 0.717) is 24.1 Å². The normalized spacial score (nSPS) is 15.3. The van der Waals surface area contributed by atoms with Crippen LogP contribution in [-0.4, -0.2) is 19.0 Å². The molecule has 1 unspecified atom stereocenters. The minimum Gasteiger partial charge on any atom is -0.441 e. The second kappa shape index (κ2) is 7.29. The SMILES string of the molecule is CNC(=O)OC1CCc2c(C(=O)Nc3ccc(F)c(Cl)c3)ccc(F)c21. The molecular weight excluding hydrogens is 366 g/mol. The average Bonchev–Trinajstić information content (AvgIpc) is 3.02. The topological polar surface area (TPSA) is 67.4 Å². The summed E-state index contributed by atoms with van der Waals surface area (Å²) < 4.78 is 32.7. The number of benzene rings is 2. The van der Waals surface area contributed by atoms with Gasteiger partial charge < -0.3 is 15.4 Å². The van der Waals surface area contributed by atoms with Gasteiger partial charge >= 0.3 is 6.09 Å². The van der Waals surface area contributed by atoms with Gasteiger partial charge in [0.15, 0.2) is 0 Å². The quantitative estimate of drug-likeness (QED) is 0.838. The van der Waals surface area contributed by atoms with Crippen LogP contribution in [0.4, 0.5) is 19.3 Å². The highest BCUT2D eigenvalue weighted by Crippen LogP contribution is 2.38. The highest BCUT2D eigenvalue weighted by molar-refractivity contribution is 6.31. The van der Waals surface area contributed by atoms with Gasteiger partial charge in [0.25, 0.3) is 5.91 Å². The lowest BCUT2D eigenvalue weighted by Gasteiger charge is -2.15.